The van der Waals surface area contributed by atoms with E-state index >= 15 is 0 Å². The van der Waals surface area contributed by atoms with Gasteiger partial charge >= 0.3 is 0 Å². The SMILES string of the molecule is CNCCC(O)C(O)c1ccc(C(=O)NN)cc1. The Morgan fingerprint density at radius 3 is 2.44 bits per heavy atom. The van der Waals surface area contributed by atoms with Crippen molar-refractivity contribution in [3.63, 3.8) is 0 Å². The molecule has 1 aromatic carbocycles. The Morgan fingerprint density at radius 2 is 1.94 bits per heavy atom. The fourth-order valence-electron chi connectivity index (χ4n) is 1.59. The number of hydrazine groups is 1. The number of amides is 1. The molecule has 0 heterocycles. The summed E-state index contributed by atoms with van der Waals surface area (Å²) in [5.41, 5.74) is 2.98. The Labute approximate surface area is 106 Å². The van der Waals surface area contributed by atoms with Crippen LogP contribution in [0.15, 0.2) is 24.3 Å². The van der Waals surface area contributed by atoms with Crippen molar-refractivity contribution in [2.75, 3.05) is 13.6 Å². The number of carbonyl (C=O) groups excluding carboxylic acids is 1. The smallest absolute Gasteiger partial charge is 0.265 e. The van der Waals surface area contributed by atoms with Crippen molar-refractivity contribution in [3.05, 3.63) is 35.4 Å². The molecule has 6 heteroatoms. The summed E-state index contributed by atoms with van der Waals surface area (Å²) >= 11 is 0. The summed E-state index contributed by atoms with van der Waals surface area (Å²) in [4.78, 5) is 11.2. The zero-order chi connectivity index (χ0) is 13.5. The van der Waals surface area contributed by atoms with E-state index in [1.165, 1.54) is 0 Å². The average molecular weight is 253 g/mol. The summed E-state index contributed by atoms with van der Waals surface area (Å²) in [6, 6.07) is 6.28. The molecule has 2 atom stereocenters. The highest BCUT2D eigenvalue weighted by Gasteiger charge is 2.18. The highest BCUT2D eigenvalue weighted by molar-refractivity contribution is 5.93. The lowest BCUT2D eigenvalue weighted by molar-refractivity contribution is 0.0140. The molecule has 0 spiro atoms. The molecule has 0 radical (unpaired) electrons. The summed E-state index contributed by atoms with van der Waals surface area (Å²) in [7, 11) is 1.78. The molecule has 1 rings (SSSR count). The Kier molecular flexibility index (Phi) is 5.73. The van der Waals surface area contributed by atoms with Gasteiger partial charge in [-0.3, -0.25) is 10.2 Å². The predicted molar refractivity (Wildman–Crippen MR) is 67.6 cm³/mol. The van der Waals surface area contributed by atoms with Gasteiger partial charge in [0.1, 0.15) is 6.10 Å². The highest BCUT2D eigenvalue weighted by Crippen LogP contribution is 2.19. The summed E-state index contributed by atoms with van der Waals surface area (Å²) in [6.45, 7) is 0.617. The second-order valence-corrected chi connectivity index (χ2v) is 4.00. The zero-order valence-electron chi connectivity index (χ0n) is 10.3. The van der Waals surface area contributed by atoms with Crippen molar-refractivity contribution in [2.24, 2.45) is 5.84 Å². The number of hydrogen-bond acceptors (Lipinski definition) is 5. The molecule has 0 aliphatic carbocycles. The van der Waals surface area contributed by atoms with Gasteiger partial charge in [0, 0.05) is 5.56 Å². The van der Waals surface area contributed by atoms with Crippen LogP contribution in [-0.2, 0) is 0 Å². The first-order chi connectivity index (χ1) is 8.60. The van der Waals surface area contributed by atoms with Gasteiger partial charge in [-0.15, -0.1) is 0 Å². The van der Waals surface area contributed by atoms with E-state index in [0.717, 1.165) is 0 Å². The van der Waals surface area contributed by atoms with Gasteiger partial charge in [-0.25, -0.2) is 5.84 Å². The molecule has 100 valence electrons. The third-order valence-electron chi connectivity index (χ3n) is 2.70. The van der Waals surface area contributed by atoms with Crippen LogP contribution in [-0.4, -0.2) is 35.8 Å². The van der Waals surface area contributed by atoms with E-state index in [1.807, 2.05) is 5.43 Å². The van der Waals surface area contributed by atoms with Gasteiger partial charge in [0.2, 0.25) is 0 Å². The van der Waals surface area contributed by atoms with Crippen LogP contribution < -0.4 is 16.6 Å². The van der Waals surface area contributed by atoms with E-state index in [2.05, 4.69) is 5.32 Å². The molecule has 0 bridgehead atoms. The Hall–Kier alpha value is -1.47. The van der Waals surface area contributed by atoms with Crippen molar-refractivity contribution in [1.82, 2.24) is 10.7 Å². The van der Waals surface area contributed by atoms with Crippen molar-refractivity contribution in [1.29, 1.82) is 0 Å². The monoisotopic (exact) mass is 253 g/mol. The van der Waals surface area contributed by atoms with Gasteiger partial charge in [0.25, 0.3) is 5.91 Å². The van der Waals surface area contributed by atoms with Crippen LogP contribution in [0.25, 0.3) is 0 Å². The fourth-order valence-corrected chi connectivity index (χ4v) is 1.59. The maximum Gasteiger partial charge on any atom is 0.265 e. The molecule has 6 N–H and O–H groups in total. The number of aliphatic hydroxyl groups excluding tert-OH is 2. The van der Waals surface area contributed by atoms with Gasteiger partial charge < -0.3 is 15.5 Å². The zero-order valence-corrected chi connectivity index (χ0v) is 10.3. The van der Waals surface area contributed by atoms with Crippen LogP contribution in [0.2, 0.25) is 0 Å². The highest BCUT2D eigenvalue weighted by atomic mass is 16.3. The van der Waals surface area contributed by atoms with Gasteiger partial charge in [-0.1, -0.05) is 12.1 Å². The molecule has 0 saturated heterocycles. The first-order valence-corrected chi connectivity index (χ1v) is 5.71. The van der Waals surface area contributed by atoms with Crippen molar-refractivity contribution >= 4 is 5.91 Å². The molecular formula is C12H19N3O3. The van der Waals surface area contributed by atoms with Crippen LogP contribution in [0.5, 0.6) is 0 Å². The first kappa shape index (κ1) is 14.6. The normalized spacial score (nSPS) is 14.0. The quantitative estimate of drug-likeness (QED) is 0.262. The van der Waals surface area contributed by atoms with Crippen LogP contribution in [0.1, 0.15) is 28.4 Å². The molecule has 0 fully saturated rings. The minimum Gasteiger partial charge on any atom is -0.390 e. The largest absolute Gasteiger partial charge is 0.390 e. The summed E-state index contributed by atoms with van der Waals surface area (Å²) in [5.74, 6) is 4.61. The van der Waals surface area contributed by atoms with Crippen LogP contribution in [0, 0.1) is 0 Å². The third-order valence-corrected chi connectivity index (χ3v) is 2.70. The molecule has 2 unspecified atom stereocenters. The molecule has 0 saturated carbocycles. The van der Waals surface area contributed by atoms with Gasteiger partial charge in [0.15, 0.2) is 0 Å². The van der Waals surface area contributed by atoms with E-state index in [1.54, 1.807) is 31.3 Å². The lowest BCUT2D eigenvalue weighted by Crippen LogP contribution is -2.30. The van der Waals surface area contributed by atoms with E-state index < -0.39 is 18.1 Å². The summed E-state index contributed by atoms with van der Waals surface area (Å²) in [5, 5.41) is 22.5. The Bertz CT molecular complexity index is 381. The van der Waals surface area contributed by atoms with E-state index in [0.29, 0.717) is 24.1 Å². The summed E-state index contributed by atoms with van der Waals surface area (Å²) in [6.07, 6.45) is -1.36. The maximum atomic E-state index is 11.2. The summed E-state index contributed by atoms with van der Waals surface area (Å²) < 4.78 is 0. The van der Waals surface area contributed by atoms with Crippen molar-refractivity contribution < 1.29 is 15.0 Å². The second-order valence-electron chi connectivity index (χ2n) is 4.00. The maximum absolute atomic E-state index is 11.2. The lowest BCUT2D eigenvalue weighted by atomic mass is 10.0. The number of carbonyl (C=O) groups is 1. The molecule has 0 aliphatic heterocycles. The second kappa shape index (κ2) is 7.07. The number of nitrogens with two attached hydrogens (primary N) is 1. The fraction of sp³-hybridized carbons (Fsp3) is 0.417. The van der Waals surface area contributed by atoms with Crippen molar-refractivity contribution in [3.8, 4) is 0 Å². The number of nitrogens with one attached hydrogen (secondary N) is 2. The molecule has 0 aromatic heterocycles. The molecule has 18 heavy (non-hydrogen) atoms. The molecule has 6 nitrogen and oxygen atoms in total. The van der Waals surface area contributed by atoms with Crippen LogP contribution in [0.4, 0.5) is 0 Å². The van der Waals surface area contributed by atoms with Gasteiger partial charge in [-0.05, 0) is 37.7 Å². The molecule has 1 amide bonds. The van der Waals surface area contributed by atoms with E-state index in [-0.39, 0.29) is 0 Å². The van der Waals surface area contributed by atoms with Crippen LogP contribution in [0.3, 0.4) is 0 Å². The Morgan fingerprint density at radius 1 is 1.33 bits per heavy atom. The third kappa shape index (κ3) is 3.78. The number of nitrogen functional groups attached to an aromatic ring is 1. The molecule has 0 aliphatic rings. The number of hydrogen-bond donors (Lipinski definition) is 5. The van der Waals surface area contributed by atoms with E-state index in [4.69, 9.17) is 5.84 Å². The number of aliphatic hydroxyl groups is 2. The molecular weight excluding hydrogens is 234 g/mol. The Balaban J connectivity index is 2.69. The standard InChI is InChI=1S/C12H19N3O3/c1-14-7-6-10(16)11(17)8-2-4-9(5-3-8)12(18)15-13/h2-5,10-11,14,16-17H,6-7,13H2,1H3,(H,15,18). The van der Waals surface area contributed by atoms with Gasteiger partial charge in [-0.2, -0.15) is 0 Å². The first-order valence-electron chi connectivity index (χ1n) is 5.71. The van der Waals surface area contributed by atoms with E-state index in [9.17, 15) is 15.0 Å². The topological polar surface area (TPSA) is 108 Å². The number of benzene rings is 1. The minimum absolute atomic E-state index is 0.397. The molecule has 1 aromatic rings. The minimum atomic E-state index is -0.965. The predicted octanol–water partition coefficient (Wildman–Crippen LogP) is -0.706. The lowest BCUT2D eigenvalue weighted by Gasteiger charge is -2.18. The van der Waals surface area contributed by atoms with Crippen LogP contribution >= 0.6 is 0 Å². The number of rotatable bonds is 6. The average Bonchev–Trinajstić information content (AvgIpc) is 2.43. The van der Waals surface area contributed by atoms with Crippen molar-refractivity contribution in [2.45, 2.75) is 18.6 Å². The van der Waals surface area contributed by atoms with Gasteiger partial charge in [0.05, 0.1) is 6.10 Å².